The number of alkyl halides is 2. The van der Waals surface area contributed by atoms with Gasteiger partial charge in [-0.2, -0.15) is 8.78 Å². The first-order valence-corrected chi connectivity index (χ1v) is 8.04. The number of phenols is 1. The summed E-state index contributed by atoms with van der Waals surface area (Å²) in [6.07, 6.45) is 1.28. The summed E-state index contributed by atoms with van der Waals surface area (Å²) in [5.41, 5.74) is 0.900. The number of hydrogen-bond acceptors (Lipinski definition) is 6. The Morgan fingerprint density at radius 3 is 2.70 bits per heavy atom. The average molecular weight is 400 g/mol. The fraction of sp³-hybridized carbons (Fsp3) is 0.176. The van der Waals surface area contributed by atoms with Crippen LogP contribution in [0.25, 0.3) is 10.9 Å². The highest BCUT2D eigenvalue weighted by Gasteiger charge is 2.12. The molecule has 0 unspecified atom stereocenters. The number of fused-ring (bicyclic) bond motifs is 1. The van der Waals surface area contributed by atoms with Crippen molar-refractivity contribution in [2.24, 2.45) is 0 Å². The van der Waals surface area contributed by atoms with Gasteiger partial charge in [-0.15, -0.1) is 0 Å². The van der Waals surface area contributed by atoms with Gasteiger partial charge >= 0.3 is 6.61 Å². The van der Waals surface area contributed by atoms with E-state index in [-0.39, 0.29) is 29.7 Å². The Bertz CT molecular complexity index is 959. The van der Waals surface area contributed by atoms with Gasteiger partial charge in [0.2, 0.25) is 0 Å². The average Bonchev–Trinajstić information content (AvgIpc) is 2.62. The number of rotatable bonds is 7. The second-order valence-corrected chi connectivity index (χ2v) is 5.70. The number of phenolic OH excluding ortho intramolecular Hbond substituents is 1. The van der Waals surface area contributed by atoms with E-state index in [4.69, 9.17) is 16.3 Å². The van der Waals surface area contributed by atoms with Crippen molar-refractivity contribution in [2.75, 3.05) is 18.5 Å². The van der Waals surface area contributed by atoms with Crippen LogP contribution < -0.4 is 10.1 Å². The van der Waals surface area contributed by atoms with E-state index in [1.54, 1.807) is 0 Å². The van der Waals surface area contributed by atoms with Gasteiger partial charge in [0.05, 0.1) is 17.1 Å². The molecule has 27 heavy (non-hydrogen) atoms. The van der Waals surface area contributed by atoms with E-state index < -0.39 is 12.4 Å². The molecule has 0 atom stereocenters. The van der Waals surface area contributed by atoms with Crippen LogP contribution in [-0.4, -0.2) is 34.9 Å². The minimum atomic E-state index is -2.90. The molecule has 3 rings (SSSR count). The zero-order chi connectivity index (χ0) is 19.4. The van der Waals surface area contributed by atoms with Crippen LogP contribution in [0.3, 0.4) is 0 Å². The SMILES string of the molecule is Oc1cc2ncnc(Nc3ccc(F)c(Cl)c3)c2cc1OCCOC(F)F. The highest BCUT2D eigenvalue weighted by atomic mass is 35.5. The maximum Gasteiger partial charge on any atom is 0.345 e. The van der Waals surface area contributed by atoms with Gasteiger partial charge in [-0.3, -0.25) is 0 Å². The highest BCUT2D eigenvalue weighted by Crippen LogP contribution is 2.34. The molecule has 0 aliphatic heterocycles. The third kappa shape index (κ3) is 4.69. The maximum absolute atomic E-state index is 13.3. The van der Waals surface area contributed by atoms with E-state index in [0.717, 1.165) is 0 Å². The lowest BCUT2D eigenvalue weighted by Gasteiger charge is -2.12. The van der Waals surface area contributed by atoms with Crippen molar-refractivity contribution in [3.05, 3.63) is 47.5 Å². The Kier molecular flexibility index (Phi) is 5.82. The molecule has 3 aromatic rings. The van der Waals surface area contributed by atoms with E-state index in [1.165, 1.54) is 36.7 Å². The number of anilines is 2. The van der Waals surface area contributed by atoms with Gasteiger partial charge in [0.15, 0.2) is 11.5 Å². The van der Waals surface area contributed by atoms with Crippen LogP contribution in [0, 0.1) is 5.82 Å². The third-order valence-corrected chi connectivity index (χ3v) is 3.77. The lowest BCUT2D eigenvalue weighted by atomic mass is 10.2. The number of ether oxygens (including phenoxy) is 2. The van der Waals surface area contributed by atoms with Crippen molar-refractivity contribution in [1.29, 1.82) is 0 Å². The zero-order valence-electron chi connectivity index (χ0n) is 13.6. The topological polar surface area (TPSA) is 76.5 Å². The van der Waals surface area contributed by atoms with Gasteiger partial charge in [-0.05, 0) is 24.3 Å². The fourth-order valence-corrected chi connectivity index (χ4v) is 2.47. The predicted molar refractivity (Wildman–Crippen MR) is 93.3 cm³/mol. The smallest absolute Gasteiger partial charge is 0.345 e. The number of aromatic hydroxyl groups is 1. The Labute approximate surface area is 156 Å². The standard InChI is InChI=1S/C17H13ClF3N3O3/c18-11-5-9(1-2-12(11)19)24-16-10-6-15(26-3-4-27-17(20)21)14(25)7-13(10)22-8-23-16/h1-2,5-8,17,25H,3-4H2,(H,22,23,24). The van der Waals surface area contributed by atoms with Crippen molar-refractivity contribution in [2.45, 2.75) is 6.61 Å². The molecule has 0 saturated heterocycles. The number of nitrogens with zero attached hydrogens (tertiary/aromatic N) is 2. The molecule has 2 aromatic carbocycles. The highest BCUT2D eigenvalue weighted by molar-refractivity contribution is 6.31. The summed E-state index contributed by atoms with van der Waals surface area (Å²) in [7, 11) is 0. The van der Waals surface area contributed by atoms with Crippen LogP contribution in [0.15, 0.2) is 36.7 Å². The Hall–Kier alpha value is -2.78. The van der Waals surface area contributed by atoms with Crippen LogP contribution >= 0.6 is 11.6 Å². The lowest BCUT2D eigenvalue weighted by Crippen LogP contribution is -2.09. The summed E-state index contributed by atoms with van der Waals surface area (Å²) in [5, 5.41) is 13.4. The first-order valence-electron chi connectivity index (χ1n) is 7.66. The van der Waals surface area contributed by atoms with E-state index in [9.17, 15) is 18.3 Å². The van der Waals surface area contributed by atoms with Crippen molar-refractivity contribution >= 4 is 34.0 Å². The van der Waals surface area contributed by atoms with Crippen LogP contribution in [0.1, 0.15) is 0 Å². The van der Waals surface area contributed by atoms with Crippen LogP contribution in [-0.2, 0) is 4.74 Å². The second-order valence-electron chi connectivity index (χ2n) is 5.29. The van der Waals surface area contributed by atoms with E-state index in [2.05, 4.69) is 20.0 Å². The molecule has 10 heteroatoms. The largest absolute Gasteiger partial charge is 0.504 e. The first kappa shape index (κ1) is 19.0. The Morgan fingerprint density at radius 1 is 1.15 bits per heavy atom. The van der Waals surface area contributed by atoms with E-state index in [0.29, 0.717) is 22.4 Å². The van der Waals surface area contributed by atoms with Crippen molar-refractivity contribution in [1.82, 2.24) is 9.97 Å². The van der Waals surface area contributed by atoms with Crippen molar-refractivity contribution in [3.63, 3.8) is 0 Å². The molecule has 0 fully saturated rings. The molecular weight excluding hydrogens is 387 g/mol. The van der Waals surface area contributed by atoms with Crippen LogP contribution in [0.4, 0.5) is 24.7 Å². The molecule has 0 radical (unpaired) electrons. The normalized spacial score (nSPS) is 11.1. The Morgan fingerprint density at radius 2 is 1.96 bits per heavy atom. The molecule has 1 aromatic heterocycles. The molecule has 0 amide bonds. The number of hydrogen-bond donors (Lipinski definition) is 2. The maximum atomic E-state index is 13.3. The van der Waals surface area contributed by atoms with Gasteiger partial charge in [0, 0.05) is 17.1 Å². The molecule has 0 aliphatic carbocycles. The van der Waals surface area contributed by atoms with Gasteiger partial charge in [-0.1, -0.05) is 11.6 Å². The third-order valence-electron chi connectivity index (χ3n) is 3.48. The molecule has 142 valence electrons. The van der Waals surface area contributed by atoms with E-state index >= 15 is 0 Å². The zero-order valence-corrected chi connectivity index (χ0v) is 14.4. The predicted octanol–water partition coefficient (Wildman–Crippen LogP) is 4.49. The van der Waals surface area contributed by atoms with Crippen molar-refractivity contribution in [3.8, 4) is 11.5 Å². The van der Waals surface area contributed by atoms with Crippen LogP contribution in [0.5, 0.6) is 11.5 Å². The molecular formula is C17H13ClF3N3O3. The summed E-state index contributed by atoms with van der Waals surface area (Å²) in [5.74, 6) is -0.359. The molecule has 0 spiro atoms. The molecule has 6 nitrogen and oxygen atoms in total. The summed E-state index contributed by atoms with van der Waals surface area (Å²) < 4.78 is 46.6. The number of benzene rings is 2. The minimum Gasteiger partial charge on any atom is -0.504 e. The summed E-state index contributed by atoms with van der Waals surface area (Å²) in [4.78, 5) is 8.18. The number of halogens is 4. The van der Waals surface area contributed by atoms with Gasteiger partial charge in [-0.25, -0.2) is 14.4 Å². The quantitative estimate of drug-likeness (QED) is 0.570. The Balaban J connectivity index is 1.86. The fourth-order valence-electron chi connectivity index (χ4n) is 2.29. The monoisotopic (exact) mass is 399 g/mol. The number of nitrogens with one attached hydrogen (secondary N) is 1. The van der Waals surface area contributed by atoms with Gasteiger partial charge in [0.1, 0.15) is 24.6 Å². The summed E-state index contributed by atoms with van der Waals surface area (Å²) in [6.45, 7) is -3.43. The van der Waals surface area contributed by atoms with Crippen molar-refractivity contribution < 1.29 is 27.8 Å². The van der Waals surface area contributed by atoms with Gasteiger partial charge in [0.25, 0.3) is 0 Å². The minimum absolute atomic E-state index is 0.0513. The molecule has 0 aliphatic rings. The molecule has 0 saturated carbocycles. The second kappa shape index (κ2) is 8.28. The van der Waals surface area contributed by atoms with Gasteiger partial charge < -0.3 is 19.9 Å². The number of aromatic nitrogens is 2. The van der Waals surface area contributed by atoms with Crippen LogP contribution in [0.2, 0.25) is 5.02 Å². The molecule has 2 N–H and O–H groups in total. The first-order chi connectivity index (χ1) is 12.9. The lowest BCUT2D eigenvalue weighted by molar-refractivity contribution is -0.133. The summed E-state index contributed by atoms with van der Waals surface area (Å²) >= 11 is 5.77. The molecule has 1 heterocycles. The molecule has 0 bridgehead atoms. The summed E-state index contributed by atoms with van der Waals surface area (Å²) in [6, 6.07) is 6.89. The van der Waals surface area contributed by atoms with E-state index in [1.807, 2.05) is 0 Å².